The van der Waals surface area contributed by atoms with Crippen molar-refractivity contribution in [1.82, 2.24) is 0 Å². The van der Waals surface area contributed by atoms with Crippen LogP contribution in [0.25, 0.3) is 0 Å². The van der Waals surface area contributed by atoms with E-state index in [0.29, 0.717) is 25.1 Å². The maximum atomic E-state index is 10.5. The van der Waals surface area contributed by atoms with Crippen molar-refractivity contribution in [1.29, 1.82) is 0 Å². The average molecular weight is 208 g/mol. The Bertz CT molecular complexity index is 350. The highest BCUT2D eigenvalue weighted by Crippen LogP contribution is 2.18. The van der Waals surface area contributed by atoms with Crippen molar-refractivity contribution in [3.05, 3.63) is 23.8 Å². The SMILES string of the molecule is Cc1ccc(OCCCC(N)=O)cc1N. The topological polar surface area (TPSA) is 78.3 Å². The van der Waals surface area contributed by atoms with Crippen molar-refractivity contribution in [3.8, 4) is 5.75 Å². The number of primary amides is 1. The first kappa shape index (κ1) is 11.4. The lowest BCUT2D eigenvalue weighted by atomic mass is 10.2. The van der Waals surface area contributed by atoms with Gasteiger partial charge in [0.05, 0.1) is 6.61 Å². The van der Waals surface area contributed by atoms with Crippen molar-refractivity contribution in [2.75, 3.05) is 12.3 Å². The Balaban J connectivity index is 2.38. The number of carbonyl (C=O) groups excluding carboxylic acids is 1. The van der Waals surface area contributed by atoms with Crippen LogP contribution in [0.3, 0.4) is 0 Å². The average Bonchev–Trinajstić information content (AvgIpc) is 2.18. The predicted octanol–water partition coefficient (Wildman–Crippen LogP) is 1.22. The third kappa shape index (κ3) is 3.89. The molecule has 82 valence electrons. The molecule has 0 heterocycles. The minimum atomic E-state index is -0.304. The van der Waals surface area contributed by atoms with Gasteiger partial charge in [0.2, 0.25) is 5.91 Å². The fourth-order valence-electron chi connectivity index (χ4n) is 1.14. The van der Waals surface area contributed by atoms with E-state index < -0.39 is 0 Å². The molecule has 0 spiro atoms. The predicted molar refractivity (Wildman–Crippen MR) is 59.5 cm³/mol. The summed E-state index contributed by atoms with van der Waals surface area (Å²) in [6.45, 7) is 2.41. The third-order valence-corrected chi connectivity index (χ3v) is 2.09. The van der Waals surface area contributed by atoms with Crippen LogP contribution in [0.2, 0.25) is 0 Å². The van der Waals surface area contributed by atoms with Gasteiger partial charge < -0.3 is 16.2 Å². The zero-order chi connectivity index (χ0) is 11.3. The third-order valence-electron chi connectivity index (χ3n) is 2.09. The van der Waals surface area contributed by atoms with Crippen molar-refractivity contribution in [2.45, 2.75) is 19.8 Å². The van der Waals surface area contributed by atoms with Gasteiger partial charge in [0.25, 0.3) is 0 Å². The summed E-state index contributed by atoms with van der Waals surface area (Å²) in [6.07, 6.45) is 0.977. The molecule has 0 aliphatic rings. The molecule has 0 saturated carbocycles. The van der Waals surface area contributed by atoms with Crippen molar-refractivity contribution >= 4 is 11.6 Å². The number of nitrogens with two attached hydrogens (primary N) is 2. The van der Waals surface area contributed by atoms with Crippen molar-refractivity contribution in [3.63, 3.8) is 0 Å². The number of rotatable bonds is 5. The molecule has 4 N–H and O–H groups in total. The summed E-state index contributed by atoms with van der Waals surface area (Å²) < 4.78 is 5.40. The normalized spacial score (nSPS) is 9.93. The van der Waals surface area contributed by atoms with E-state index in [1.807, 2.05) is 19.1 Å². The highest BCUT2D eigenvalue weighted by atomic mass is 16.5. The van der Waals surface area contributed by atoms with E-state index in [1.54, 1.807) is 6.07 Å². The summed E-state index contributed by atoms with van der Waals surface area (Å²) in [6, 6.07) is 5.54. The van der Waals surface area contributed by atoms with Gasteiger partial charge in [-0.25, -0.2) is 0 Å². The molecule has 4 heteroatoms. The van der Waals surface area contributed by atoms with Crippen LogP contribution in [0.15, 0.2) is 18.2 Å². The monoisotopic (exact) mass is 208 g/mol. The molecule has 0 fully saturated rings. The van der Waals surface area contributed by atoms with E-state index >= 15 is 0 Å². The molecule has 0 aliphatic carbocycles. The molecule has 1 aromatic carbocycles. The fourth-order valence-corrected chi connectivity index (χ4v) is 1.14. The van der Waals surface area contributed by atoms with Gasteiger partial charge >= 0.3 is 0 Å². The van der Waals surface area contributed by atoms with Crippen LogP contribution in [0.1, 0.15) is 18.4 Å². The van der Waals surface area contributed by atoms with E-state index in [0.717, 1.165) is 11.3 Å². The molecule has 4 nitrogen and oxygen atoms in total. The lowest BCUT2D eigenvalue weighted by Gasteiger charge is -2.07. The Morgan fingerprint density at radius 3 is 2.80 bits per heavy atom. The molecule has 1 aromatic rings. The second kappa shape index (κ2) is 5.24. The van der Waals surface area contributed by atoms with E-state index in [1.165, 1.54) is 0 Å². The zero-order valence-electron chi connectivity index (χ0n) is 8.82. The Labute approximate surface area is 89.2 Å². The molecule has 0 saturated heterocycles. The van der Waals surface area contributed by atoms with Crippen molar-refractivity contribution in [2.24, 2.45) is 5.73 Å². The largest absolute Gasteiger partial charge is 0.494 e. The van der Waals surface area contributed by atoms with Gasteiger partial charge in [0.1, 0.15) is 5.75 Å². The molecular formula is C11H16N2O2. The number of hydrogen-bond donors (Lipinski definition) is 2. The van der Waals surface area contributed by atoms with Gasteiger partial charge in [-0.1, -0.05) is 6.07 Å². The Morgan fingerprint density at radius 1 is 1.47 bits per heavy atom. The van der Waals surface area contributed by atoms with E-state index in [4.69, 9.17) is 16.2 Å². The smallest absolute Gasteiger partial charge is 0.217 e. The quantitative estimate of drug-likeness (QED) is 0.564. The summed E-state index contributed by atoms with van der Waals surface area (Å²) in [4.78, 5) is 10.5. The van der Waals surface area contributed by atoms with Crippen LogP contribution in [-0.2, 0) is 4.79 Å². The molecule has 0 unspecified atom stereocenters. The highest BCUT2D eigenvalue weighted by molar-refractivity contribution is 5.73. The summed E-state index contributed by atoms with van der Waals surface area (Å²) in [5, 5.41) is 0. The molecule has 0 aromatic heterocycles. The Kier molecular flexibility index (Phi) is 3.97. The molecule has 0 radical (unpaired) electrons. The number of benzene rings is 1. The molecule has 15 heavy (non-hydrogen) atoms. The summed E-state index contributed by atoms with van der Waals surface area (Å²) in [7, 11) is 0. The first-order chi connectivity index (χ1) is 7.09. The Hall–Kier alpha value is -1.71. The van der Waals surface area contributed by atoms with Gasteiger partial charge in [-0.3, -0.25) is 4.79 Å². The molecule has 0 aliphatic heterocycles. The van der Waals surface area contributed by atoms with Crippen LogP contribution < -0.4 is 16.2 Å². The van der Waals surface area contributed by atoms with E-state index in [9.17, 15) is 4.79 Å². The number of amides is 1. The van der Waals surface area contributed by atoms with Crippen molar-refractivity contribution < 1.29 is 9.53 Å². The lowest BCUT2D eigenvalue weighted by molar-refractivity contribution is -0.118. The second-order valence-corrected chi connectivity index (χ2v) is 3.44. The summed E-state index contributed by atoms with van der Waals surface area (Å²) in [5.41, 5.74) is 12.5. The number of ether oxygens (including phenoxy) is 1. The van der Waals surface area contributed by atoms with Gasteiger partial charge in [0.15, 0.2) is 0 Å². The van der Waals surface area contributed by atoms with Crippen LogP contribution >= 0.6 is 0 Å². The Morgan fingerprint density at radius 2 is 2.20 bits per heavy atom. The molecule has 0 atom stereocenters. The van der Waals surface area contributed by atoms with Crippen LogP contribution in [0, 0.1) is 6.92 Å². The lowest BCUT2D eigenvalue weighted by Crippen LogP contribution is -2.11. The first-order valence-corrected chi connectivity index (χ1v) is 4.87. The highest BCUT2D eigenvalue weighted by Gasteiger charge is 1.98. The van der Waals surface area contributed by atoms with Gasteiger partial charge in [0, 0.05) is 18.2 Å². The number of nitrogen functional groups attached to an aromatic ring is 1. The minimum absolute atomic E-state index is 0.304. The van der Waals surface area contributed by atoms with Gasteiger partial charge in [-0.15, -0.1) is 0 Å². The second-order valence-electron chi connectivity index (χ2n) is 3.44. The summed E-state index contributed by atoms with van der Waals surface area (Å²) >= 11 is 0. The maximum absolute atomic E-state index is 10.5. The van der Waals surface area contributed by atoms with Crippen LogP contribution in [0.5, 0.6) is 5.75 Å². The number of anilines is 1. The van der Waals surface area contributed by atoms with Gasteiger partial charge in [-0.05, 0) is 25.0 Å². The number of carbonyl (C=O) groups is 1. The number of aryl methyl sites for hydroxylation is 1. The van der Waals surface area contributed by atoms with E-state index in [-0.39, 0.29) is 5.91 Å². The molecular weight excluding hydrogens is 192 g/mol. The minimum Gasteiger partial charge on any atom is -0.494 e. The first-order valence-electron chi connectivity index (χ1n) is 4.87. The fraction of sp³-hybridized carbons (Fsp3) is 0.364. The summed E-state index contributed by atoms with van der Waals surface area (Å²) in [5.74, 6) is 0.421. The van der Waals surface area contributed by atoms with Crippen LogP contribution in [0.4, 0.5) is 5.69 Å². The number of hydrogen-bond acceptors (Lipinski definition) is 3. The standard InChI is InChI=1S/C11H16N2O2/c1-8-4-5-9(7-10(8)12)15-6-2-3-11(13)14/h4-5,7H,2-3,6,12H2,1H3,(H2,13,14). The molecule has 0 bridgehead atoms. The van der Waals surface area contributed by atoms with E-state index in [2.05, 4.69) is 0 Å². The maximum Gasteiger partial charge on any atom is 0.217 e. The van der Waals surface area contributed by atoms with Gasteiger partial charge in [-0.2, -0.15) is 0 Å². The zero-order valence-corrected chi connectivity index (χ0v) is 8.82. The van der Waals surface area contributed by atoms with Crippen LogP contribution in [-0.4, -0.2) is 12.5 Å². The molecule has 1 amide bonds. The molecule has 1 rings (SSSR count).